The molecule has 1 aliphatic carbocycles. The van der Waals surface area contributed by atoms with Crippen molar-refractivity contribution in [2.75, 3.05) is 5.75 Å². The number of carbonyl (C=O) groups excluding carboxylic acids is 2. The maximum Gasteiger partial charge on any atom is 0.331 e. The summed E-state index contributed by atoms with van der Waals surface area (Å²) in [5.41, 5.74) is 6.44. The molecule has 7 heteroatoms. The summed E-state index contributed by atoms with van der Waals surface area (Å²) in [5.74, 6) is 0.526. The Bertz CT molecular complexity index is 1710. The Hall–Kier alpha value is -3.61. The summed E-state index contributed by atoms with van der Waals surface area (Å²) in [5, 5.41) is 7.05. The van der Waals surface area contributed by atoms with E-state index in [4.69, 9.17) is 16.4 Å². The summed E-state index contributed by atoms with van der Waals surface area (Å²) < 4.78 is 2.27. The van der Waals surface area contributed by atoms with Crippen LogP contribution >= 0.6 is 23.4 Å². The van der Waals surface area contributed by atoms with Crippen LogP contribution < -0.4 is 0 Å². The average molecular weight is 585 g/mol. The number of benzene rings is 3. The van der Waals surface area contributed by atoms with E-state index in [0.717, 1.165) is 85.7 Å². The van der Waals surface area contributed by atoms with E-state index in [9.17, 15) is 9.59 Å². The van der Waals surface area contributed by atoms with Crippen molar-refractivity contribution in [1.82, 2.24) is 4.57 Å². The number of fused-ring (bicyclic) bond motifs is 3. The molecule has 1 heterocycles. The molecule has 5 nitrogen and oxygen atoms in total. The van der Waals surface area contributed by atoms with Gasteiger partial charge in [-0.2, -0.15) is 0 Å². The molecule has 1 aliphatic rings. The highest BCUT2D eigenvalue weighted by molar-refractivity contribution is 7.99. The van der Waals surface area contributed by atoms with Gasteiger partial charge in [0.15, 0.2) is 5.78 Å². The summed E-state index contributed by atoms with van der Waals surface area (Å²) in [6, 6.07) is 20.1. The molecule has 0 aliphatic heterocycles. The van der Waals surface area contributed by atoms with Crippen LogP contribution in [0.15, 0.2) is 94.0 Å². The highest BCUT2D eigenvalue weighted by Crippen LogP contribution is 2.33. The molecule has 0 bridgehead atoms. The standard InChI is InChI=1S/C34H33ClN2O3S/c1-4-37-32-17-11-24(31(36-40-23(3)38)10-7-19-41-27-15-13-26(35)14-16-27)20-29(32)30-21-25(12-18-33(30)37)34(39)28-9-6-5-8-22(28)2/h5,8,11-18,20-21H,4,6-7,9-10,19H2,1-3H3/b36-31+. The molecule has 5 rings (SSSR count). The molecule has 4 aromatic rings. The van der Waals surface area contributed by atoms with Crippen LogP contribution in [0.1, 0.15) is 62.4 Å². The number of aromatic nitrogens is 1. The van der Waals surface area contributed by atoms with Gasteiger partial charge in [-0.1, -0.05) is 35.0 Å². The lowest BCUT2D eigenvalue weighted by Gasteiger charge is -2.12. The number of aryl methyl sites for hydroxylation is 1. The largest absolute Gasteiger partial charge is 0.341 e. The number of halogens is 1. The summed E-state index contributed by atoms with van der Waals surface area (Å²) in [7, 11) is 0. The van der Waals surface area contributed by atoms with Crippen LogP contribution in [0.3, 0.4) is 0 Å². The first-order chi connectivity index (χ1) is 19.9. The lowest BCUT2D eigenvalue weighted by atomic mass is 9.91. The Morgan fingerprint density at radius 1 is 1.00 bits per heavy atom. The Morgan fingerprint density at radius 2 is 1.68 bits per heavy atom. The molecule has 0 fully saturated rings. The predicted molar refractivity (Wildman–Crippen MR) is 170 cm³/mol. The lowest BCUT2D eigenvalue weighted by molar-refractivity contribution is -0.140. The molecule has 0 N–H and O–H groups in total. The van der Waals surface area contributed by atoms with E-state index in [0.29, 0.717) is 12.0 Å². The monoisotopic (exact) mass is 584 g/mol. The SMILES string of the molecule is CCn1c2ccc(C(=O)C3=C(C)C=CCC3)cc2c2cc(/C(CCCSc3ccc(Cl)cc3)=N/OC(C)=O)ccc21. The zero-order chi connectivity index (χ0) is 28.9. The number of nitrogens with zero attached hydrogens (tertiary/aromatic N) is 2. The number of allylic oxidation sites excluding steroid dienone is 4. The van der Waals surface area contributed by atoms with Crippen molar-refractivity contribution in [3.05, 3.63) is 100 Å². The van der Waals surface area contributed by atoms with Crippen LogP contribution in [-0.2, 0) is 16.2 Å². The molecule has 1 aromatic heterocycles. The lowest BCUT2D eigenvalue weighted by Crippen LogP contribution is -2.07. The van der Waals surface area contributed by atoms with E-state index in [1.165, 1.54) is 6.92 Å². The fourth-order valence-corrected chi connectivity index (χ4v) is 6.32. The van der Waals surface area contributed by atoms with Crippen molar-refractivity contribution in [2.45, 2.75) is 57.9 Å². The van der Waals surface area contributed by atoms with E-state index in [1.54, 1.807) is 11.8 Å². The van der Waals surface area contributed by atoms with Gasteiger partial charge in [0.2, 0.25) is 0 Å². The second-order valence-electron chi connectivity index (χ2n) is 10.2. The molecular formula is C34H33ClN2O3S. The number of hydrogen-bond donors (Lipinski definition) is 0. The fraction of sp³-hybridized carbons (Fsp3) is 0.265. The van der Waals surface area contributed by atoms with Crippen LogP contribution in [0.4, 0.5) is 0 Å². The van der Waals surface area contributed by atoms with Gasteiger partial charge in [-0.05, 0) is 105 Å². The van der Waals surface area contributed by atoms with Gasteiger partial charge in [0.25, 0.3) is 0 Å². The molecule has 0 saturated carbocycles. The molecule has 41 heavy (non-hydrogen) atoms. The first kappa shape index (κ1) is 28.9. The number of Topliss-reactive ketones (excluding diaryl/α,β-unsaturated/α-hetero) is 1. The molecule has 0 radical (unpaired) electrons. The maximum atomic E-state index is 13.5. The van der Waals surface area contributed by atoms with E-state index in [2.05, 4.69) is 40.9 Å². The Morgan fingerprint density at radius 3 is 2.34 bits per heavy atom. The summed E-state index contributed by atoms with van der Waals surface area (Å²) in [6.45, 7) is 6.29. The normalized spacial score (nSPS) is 13.8. The Labute approximate surface area is 249 Å². The van der Waals surface area contributed by atoms with Crippen molar-refractivity contribution in [2.24, 2.45) is 5.16 Å². The first-order valence-electron chi connectivity index (χ1n) is 14.0. The van der Waals surface area contributed by atoms with Crippen LogP contribution in [0.5, 0.6) is 0 Å². The minimum atomic E-state index is -0.452. The van der Waals surface area contributed by atoms with Crippen LogP contribution in [-0.4, -0.2) is 27.8 Å². The van der Waals surface area contributed by atoms with Crippen molar-refractivity contribution in [3.8, 4) is 0 Å². The van der Waals surface area contributed by atoms with Gasteiger partial charge < -0.3 is 9.40 Å². The van der Waals surface area contributed by atoms with Crippen molar-refractivity contribution in [1.29, 1.82) is 0 Å². The van der Waals surface area contributed by atoms with E-state index in [1.807, 2.05) is 55.5 Å². The topological polar surface area (TPSA) is 60.7 Å². The van der Waals surface area contributed by atoms with Gasteiger partial charge in [0, 0.05) is 61.9 Å². The average Bonchev–Trinajstić information content (AvgIpc) is 3.29. The molecule has 210 valence electrons. The van der Waals surface area contributed by atoms with E-state index in [-0.39, 0.29) is 5.78 Å². The third-order valence-corrected chi connectivity index (χ3v) is 8.73. The summed E-state index contributed by atoms with van der Waals surface area (Å²) in [6.07, 6.45) is 7.33. The van der Waals surface area contributed by atoms with Gasteiger partial charge in [0.1, 0.15) is 0 Å². The highest BCUT2D eigenvalue weighted by Gasteiger charge is 2.19. The fourth-order valence-electron chi connectivity index (χ4n) is 5.34. The molecule has 3 aromatic carbocycles. The molecule has 0 unspecified atom stereocenters. The minimum Gasteiger partial charge on any atom is -0.341 e. The van der Waals surface area contributed by atoms with E-state index >= 15 is 0 Å². The summed E-state index contributed by atoms with van der Waals surface area (Å²) >= 11 is 7.76. The molecular weight excluding hydrogens is 552 g/mol. The number of carbonyl (C=O) groups is 2. The highest BCUT2D eigenvalue weighted by atomic mass is 35.5. The smallest absolute Gasteiger partial charge is 0.331 e. The Balaban J connectivity index is 1.47. The van der Waals surface area contributed by atoms with Crippen LogP contribution in [0, 0.1) is 0 Å². The minimum absolute atomic E-state index is 0.0950. The number of thioether (sulfide) groups is 1. The molecule has 0 atom stereocenters. The quantitative estimate of drug-likeness (QED) is 0.0465. The first-order valence-corrected chi connectivity index (χ1v) is 15.3. The van der Waals surface area contributed by atoms with Gasteiger partial charge in [-0.15, -0.1) is 11.8 Å². The molecule has 0 amide bonds. The maximum absolute atomic E-state index is 13.5. The second kappa shape index (κ2) is 12.9. The van der Waals surface area contributed by atoms with Gasteiger partial charge in [0.05, 0.1) is 5.71 Å². The second-order valence-corrected chi connectivity index (χ2v) is 11.8. The van der Waals surface area contributed by atoms with Gasteiger partial charge >= 0.3 is 5.97 Å². The number of oxime groups is 1. The number of hydrogen-bond acceptors (Lipinski definition) is 5. The van der Waals surface area contributed by atoms with E-state index < -0.39 is 5.97 Å². The van der Waals surface area contributed by atoms with Crippen molar-refractivity contribution in [3.63, 3.8) is 0 Å². The van der Waals surface area contributed by atoms with Gasteiger partial charge in [-0.25, -0.2) is 4.79 Å². The van der Waals surface area contributed by atoms with Gasteiger partial charge in [-0.3, -0.25) is 4.79 Å². The molecule has 0 spiro atoms. The predicted octanol–water partition coefficient (Wildman–Crippen LogP) is 9.16. The Kier molecular flexibility index (Phi) is 9.11. The van der Waals surface area contributed by atoms with Crippen molar-refractivity contribution >= 4 is 62.6 Å². The molecule has 0 saturated heterocycles. The third kappa shape index (κ3) is 6.50. The summed E-state index contributed by atoms with van der Waals surface area (Å²) in [4.78, 5) is 31.4. The van der Waals surface area contributed by atoms with Crippen molar-refractivity contribution < 1.29 is 14.4 Å². The van der Waals surface area contributed by atoms with Crippen LogP contribution in [0.2, 0.25) is 5.02 Å². The zero-order valence-corrected chi connectivity index (χ0v) is 25.1. The number of rotatable bonds is 10. The zero-order valence-electron chi connectivity index (χ0n) is 23.6. The third-order valence-electron chi connectivity index (χ3n) is 7.38. The number of ketones is 1. The van der Waals surface area contributed by atoms with Crippen LogP contribution in [0.25, 0.3) is 21.8 Å².